The highest BCUT2D eigenvalue weighted by Gasteiger charge is 2.28. The van der Waals surface area contributed by atoms with Crippen molar-refractivity contribution in [2.45, 2.75) is 43.5 Å². The van der Waals surface area contributed by atoms with Crippen molar-refractivity contribution in [1.29, 1.82) is 0 Å². The number of aromatic nitrogens is 1. The summed E-state index contributed by atoms with van der Waals surface area (Å²) in [7, 11) is -4.18. The van der Waals surface area contributed by atoms with Crippen molar-refractivity contribution in [2.75, 3.05) is 17.3 Å². The molecule has 158 valence electrons. The molecule has 0 radical (unpaired) electrons. The molecule has 1 aliphatic carbocycles. The molecule has 3 rings (SSSR count). The van der Waals surface area contributed by atoms with E-state index in [0.29, 0.717) is 16.8 Å². The third-order valence-electron chi connectivity index (χ3n) is 4.77. The first-order valence-electron chi connectivity index (χ1n) is 9.35. The number of nitrogens with one attached hydrogen (secondary N) is 2. The van der Waals surface area contributed by atoms with Crippen molar-refractivity contribution < 1.29 is 17.6 Å². The number of fused-ring (bicyclic) bond motifs is 1. The number of benzene rings is 1. The van der Waals surface area contributed by atoms with Crippen molar-refractivity contribution in [2.24, 2.45) is 5.92 Å². The number of thioether (sulfide) groups is 1. The maximum atomic E-state index is 14.0. The van der Waals surface area contributed by atoms with E-state index in [2.05, 4.69) is 21.9 Å². The molecule has 1 amide bonds. The molecule has 1 aliphatic rings. The zero-order valence-corrected chi connectivity index (χ0v) is 18.7. The van der Waals surface area contributed by atoms with E-state index < -0.39 is 32.7 Å². The van der Waals surface area contributed by atoms with Gasteiger partial charge in [-0.3, -0.25) is 4.79 Å². The summed E-state index contributed by atoms with van der Waals surface area (Å²) in [6.07, 6.45) is 5.06. The molecular weight excluding hydrogens is 433 g/mol. The number of hydrogen-bond acceptors (Lipinski definition) is 6. The third-order valence-corrected chi connectivity index (χ3v) is 7.95. The number of thiazole rings is 1. The number of carbonyl (C=O) groups excluding carboxylic acids is 1. The van der Waals surface area contributed by atoms with Crippen molar-refractivity contribution in [3.8, 4) is 0 Å². The Hall–Kier alpha value is -1.49. The molecule has 0 saturated heterocycles. The minimum absolute atomic E-state index is 0.281. The summed E-state index contributed by atoms with van der Waals surface area (Å²) in [5.74, 6) is -0.179. The first-order chi connectivity index (χ1) is 13.8. The Labute approximate surface area is 178 Å². The molecule has 10 heteroatoms. The van der Waals surface area contributed by atoms with Gasteiger partial charge in [0.2, 0.25) is 15.9 Å². The smallest absolute Gasteiger partial charge is 0.244 e. The average molecular weight is 458 g/mol. The van der Waals surface area contributed by atoms with E-state index in [1.807, 2.05) is 6.26 Å². The summed E-state index contributed by atoms with van der Waals surface area (Å²) in [4.78, 5) is 18.0. The van der Waals surface area contributed by atoms with Crippen molar-refractivity contribution in [3.63, 3.8) is 0 Å². The molecule has 2 atom stereocenters. The number of aryl methyl sites for hydroxylation is 1. The van der Waals surface area contributed by atoms with Gasteiger partial charge in [0.15, 0.2) is 5.13 Å². The number of halogens is 1. The van der Waals surface area contributed by atoms with E-state index in [1.165, 1.54) is 46.2 Å². The lowest BCUT2D eigenvalue weighted by molar-refractivity contribution is -0.117. The van der Waals surface area contributed by atoms with Crippen LogP contribution in [0.15, 0.2) is 29.2 Å². The Balaban J connectivity index is 1.76. The second-order valence-corrected chi connectivity index (χ2v) is 10.9. The lowest BCUT2D eigenvalue weighted by Crippen LogP contribution is -2.44. The molecule has 29 heavy (non-hydrogen) atoms. The van der Waals surface area contributed by atoms with Crippen LogP contribution in [0.3, 0.4) is 0 Å². The number of sulfonamides is 1. The monoisotopic (exact) mass is 457 g/mol. The molecule has 0 saturated carbocycles. The Morgan fingerprint density at radius 3 is 2.90 bits per heavy atom. The van der Waals surface area contributed by atoms with Gasteiger partial charge in [0.05, 0.1) is 5.69 Å². The van der Waals surface area contributed by atoms with E-state index >= 15 is 0 Å². The lowest BCUT2D eigenvalue weighted by Gasteiger charge is -2.17. The number of amides is 1. The minimum Gasteiger partial charge on any atom is -0.301 e. The van der Waals surface area contributed by atoms with Crippen molar-refractivity contribution in [3.05, 3.63) is 40.7 Å². The SMILES string of the molecule is CSCC[C@H](NS(=O)(=O)c1ccccc1F)C(=O)Nc1nc2c(s1)C[C@@H](C)CC2. The molecule has 2 N–H and O–H groups in total. The number of carbonyl (C=O) groups is 1. The van der Waals surface area contributed by atoms with Gasteiger partial charge < -0.3 is 5.32 Å². The van der Waals surface area contributed by atoms with Crippen molar-refractivity contribution in [1.82, 2.24) is 9.71 Å². The van der Waals surface area contributed by atoms with Crippen LogP contribution in [0.2, 0.25) is 0 Å². The van der Waals surface area contributed by atoms with Crippen LogP contribution in [-0.4, -0.2) is 37.4 Å². The Bertz CT molecular complexity index is 978. The zero-order chi connectivity index (χ0) is 21.0. The first kappa shape index (κ1) is 22.2. The van der Waals surface area contributed by atoms with Gasteiger partial charge in [-0.2, -0.15) is 16.5 Å². The highest BCUT2D eigenvalue weighted by molar-refractivity contribution is 7.98. The van der Waals surface area contributed by atoms with Gasteiger partial charge in [-0.15, -0.1) is 11.3 Å². The number of nitrogens with zero attached hydrogens (tertiary/aromatic N) is 1. The van der Waals surface area contributed by atoms with E-state index in [-0.39, 0.29) is 6.42 Å². The third kappa shape index (κ3) is 5.56. The summed E-state index contributed by atoms with van der Waals surface area (Å²) >= 11 is 2.94. The van der Waals surface area contributed by atoms with Gasteiger partial charge >= 0.3 is 0 Å². The highest BCUT2D eigenvalue weighted by atomic mass is 32.2. The van der Waals surface area contributed by atoms with Crippen LogP contribution in [-0.2, 0) is 27.7 Å². The van der Waals surface area contributed by atoms with Crippen LogP contribution >= 0.6 is 23.1 Å². The van der Waals surface area contributed by atoms with Gasteiger partial charge in [-0.05, 0) is 55.7 Å². The molecule has 2 aromatic rings. The standard InChI is InChI=1S/C19H24FN3O3S3/c1-12-7-8-14-16(11-12)28-19(21-14)22-18(24)15(9-10-27-2)23-29(25,26)17-6-4-3-5-13(17)20/h3-6,12,15,23H,7-11H2,1-2H3,(H,21,22,24)/t12-,15-/m0/s1. The predicted octanol–water partition coefficient (Wildman–Crippen LogP) is 3.45. The minimum atomic E-state index is -4.18. The number of anilines is 1. The molecule has 0 unspecified atom stereocenters. The molecule has 0 aliphatic heterocycles. The second-order valence-electron chi connectivity index (χ2n) is 7.11. The maximum Gasteiger partial charge on any atom is 0.244 e. The lowest BCUT2D eigenvalue weighted by atomic mass is 9.93. The number of hydrogen-bond donors (Lipinski definition) is 2. The van der Waals surface area contributed by atoms with Crippen LogP contribution in [0, 0.1) is 11.7 Å². The Morgan fingerprint density at radius 2 is 2.17 bits per heavy atom. The van der Waals surface area contributed by atoms with Crippen LogP contribution in [0.5, 0.6) is 0 Å². The normalized spacial score (nSPS) is 17.6. The largest absolute Gasteiger partial charge is 0.301 e. The van der Waals surface area contributed by atoms with Crippen LogP contribution in [0.4, 0.5) is 9.52 Å². The molecule has 1 heterocycles. The quantitative estimate of drug-likeness (QED) is 0.634. The van der Waals surface area contributed by atoms with Crippen molar-refractivity contribution >= 4 is 44.2 Å². The summed E-state index contributed by atoms with van der Waals surface area (Å²) in [6.45, 7) is 2.19. The van der Waals surface area contributed by atoms with Crippen LogP contribution < -0.4 is 10.0 Å². The summed E-state index contributed by atoms with van der Waals surface area (Å²) < 4.78 is 41.6. The van der Waals surface area contributed by atoms with Gasteiger partial charge in [0.1, 0.15) is 16.8 Å². The number of rotatable bonds is 8. The molecule has 1 aromatic heterocycles. The fourth-order valence-electron chi connectivity index (χ4n) is 3.18. The van der Waals surface area contributed by atoms with Crippen LogP contribution in [0.1, 0.15) is 30.3 Å². The summed E-state index contributed by atoms with van der Waals surface area (Å²) in [5.41, 5.74) is 1.01. The van der Waals surface area contributed by atoms with E-state index in [1.54, 1.807) is 0 Å². The van der Waals surface area contributed by atoms with E-state index in [9.17, 15) is 17.6 Å². The van der Waals surface area contributed by atoms with Gasteiger partial charge in [-0.1, -0.05) is 19.1 Å². The summed E-state index contributed by atoms with van der Waals surface area (Å²) in [5, 5.41) is 3.23. The fraction of sp³-hybridized carbons (Fsp3) is 0.474. The molecule has 6 nitrogen and oxygen atoms in total. The topological polar surface area (TPSA) is 88.2 Å². The molecular formula is C19H24FN3O3S3. The predicted molar refractivity (Wildman–Crippen MR) is 115 cm³/mol. The first-order valence-corrected chi connectivity index (χ1v) is 13.0. The van der Waals surface area contributed by atoms with Gasteiger partial charge in [0.25, 0.3) is 0 Å². The van der Waals surface area contributed by atoms with Crippen LogP contribution in [0.25, 0.3) is 0 Å². The highest BCUT2D eigenvalue weighted by Crippen LogP contribution is 2.32. The zero-order valence-electron chi connectivity index (χ0n) is 16.3. The summed E-state index contributed by atoms with van der Waals surface area (Å²) in [6, 6.07) is 4.09. The molecule has 0 bridgehead atoms. The Morgan fingerprint density at radius 1 is 1.41 bits per heavy atom. The van der Waals surface area contributed by atoms with E-state index in [4.69, 9.17) is 0 Å². The maximum absolute atomic E-state index is 14.0. The molecule has 1 aromatic carbocycles. The fourth-order valence-corrected chi connectivity index (χ4v) is 6.13. The average Bonchev–Trinajstić information content (AvgIpc) is 3.06. The Kier molecular flexibility index (Phi) is 7.31. The van der Waals surface area contributed by atoms with E-state index in [0.717, 1.165) is 31.0 Å². The van der Waals surface area contributed by atoms with Gasteiger partial charge in [0, 0.05) is 4.88 Å². The molecule has 0 fully saturated rings. The second kappa shape index (κ2) is 9.55. The van der Waals surface area contributed by atoms with Gasteiger partial charge in [-0.25, -0.2) is 17.8 Å². The molecule has 0 spiro atoms.